The van der Waals surface area contributed by atoms with Crippen LogP contribution in [0.1, 0.15) is 27.3 Å². The van der Waals surface area contributed by atoms with E-state index in [1.54, 1.807) is 30.3 Å². The number of carbonyl (C=O) groups excluding carboxylic acids is 1. The summed E-state index contributed by atoms with van der Waals surface area (Å²) >= 11 is 0. The van der Waals surface area contributed by atoms with E-state index in [2.05, 4.69) is 15.3 Å². The van der Waals surface area contributed by atoms with Gasteiger partial charge in [-0.15, -0.1) is 0 Å². The number of aryl methyl sites for hydroxylation is 1. The number of rotatable bonds is 8. The van der Waals surface area contributed by atoms with E-state index in [0.717, 1.165) is 11.8 Å². The summed E-state index contributed by atoms with van der Waals surface area (Å²) in [6.07, 6.45) is -3.75. The average Bonchev–Trinajstić information content (AvgIpc) is 2.83. The second-order valence-corrected chi connectivity index (χ2v) is 8.47. The third-order valence-corrected chi connectivity index (χ3v) is 5.82. The number of nitrogens with zero attached hydrogens (tertiary/aromatic N) is 2. The van der Waals surface area contributed by atoms with Crippen LogP contribution < -0.4 is 10.1 Å². The highest BCUT2D eigenvalue weighted by molar-refractivity contribution is 6.04. The fourth-order valence-corrected chi connectivity index (χ4v) is 3.74. The van der Waals surface area contributed by atoms with Crippen LogP contribution in [-0.2, 0) is 16.3 Å². The number of aliphatic hydroxyl groups is 1. The van der Waals surface area contributed by atoms with Gasteiger partial charge in [0.25, 0.3) is 5.91 Å². The van der Waals surface area contributed by atoms with Crippen molar-refractivity contribution in [1.82, 2.24) is 9.97 Å². The van der Waals surface area contributed by atoms with Crippen LogP contribution in [0, 0.1) is 6.92 Å². The minimum absolute atomic E-state index is 0.00402. The third kappa shape index (κ3) is 5.31. The Hall–Kier alpha value is -3.57. The van der Waals surface area contributed by atoms with Gasteiger partial charge in [0.05, 0.1) is 30.9 Å². The molecule has 0 unspecified atom stereocenters. The molecule has 2 N–H and O–H groups in total. The van der Waals surface area contributed by atoms with Crippen molar-refractivity contribution in [2.45, 2.75) is 18.5 Å². The number of hydrogen-bond donors (Lipinski definition) is 2. The van der Waals surface area contributed by atoms with Crippen LogP contribution in [0.4, 0.5) is 23.2 Å². The van der Waals surface area contributed by atoms with Gasteiger partial charge < -0.3 is 19.9 Å². The molecule has 1 amide bonds. The van der Waals surface area contributed by atoms with Crippen molar-refractivity contribution in [3.8, 4) is 17.0 Å². The van der Waals surface area contributed by atoms with Crippen LogP contribution in [0.3, 0.4) is 0 Å². The first kappa shape index (κ1) is 25.5. The molecule has 4 rings (SSSR count). The number of benzene rings is 1. The summed E-state index contributed by atoms with van der Waals surface area (Å²) in [5, 5.41) is 11.7. The molecular formula is C25H23F4N3O4. The molecule has 0 saturated carbocycles. The fourth-order valence-electron chi connectivity index (χ4n) is 3.74. The van der Waals surface area contributed by atoms with Gasteiger partial charge in [0, 0.05) is 23.5 Å². The van der Waals surface area contributed by atoms with Crippen molar-refractivity contribution in [3.63, 3.8) is 0 Å². The maximum atomic E-state index is 13.9. The highest BCUT2D eigenvalue weighted by Crippen LogP contribution is 2.37. The molecule has 0 bridgehead atoms. The zero-order valence-corrected chi connectivity index (χ0v) is 19.2. The Kier molecular flexibility index (Phi) is 7.23. The molecule has 1 saturated heterocycles. The number of carbonyl (C=O) groups is 1. The highest BCUT2D eigenvalue weighted by atomic mass is 19.4. The summed E-state index contributed by atoms with van der Waals surface area (Å²) in [4.78, 5) is 20.3. The first-order valence-electron chi connectivity index (χ1n) is 11.0. The Morgan fingerprint density at radius 2 is 1.97 bits per heavy atom. The van der Waals surface area contributed by atoms with Crippen LogP contribution in [0.15, 0.2) is 48.7 Å². The van der Waals surface area contributed by atoms with Gasteiger partial charge in [-0.1, -0.05) is 6.07 Å². The second-order valence-electron chi connectivity index (χ2n) is 8.47. The number of alkyl halides is 4. The van der Waals surface area contributed by atoms with Gasteiger partial charge in [0.1, 0.15) is 19.0 Å². The number of ether oxygens (including phenoxy) is 2. The first-order valence-corrected chi connectivity index (χ1v) is 11.0. The van der Waals surface area contributed by atoms with Crippen molar-refractivity contribution in [2.24, 2.45) is 0 Å². The second kappa shape index (κ2) is 10.2. The Balaban J connectivity index is 1.67. The van der Waals surface area contributed by atoms with Crippen molar-refractivity contribution in [3.05, 3.63) is 71.2 Å². The summed E-state index contributed by atoms with van der Waals surface area (Å²) in [5.74, 6) is -0.537. The highest BCUT2D eigenvalue weighted by Gasteiger charge is 2.42. The standard InChI is InChI=1S/C25H23F4N3O4/c1-15-2-3-18(31-23(34)16-4-5-30-21(8-16)25(27,28)29)11-19(15)17-9-20(24(12-26)13-35-14-24)32-22(10-17)36-7-6-33/h2-5,8-11,33H,6-7,12-14H2,1H3,(H,31,34). The van der Waals surface area contributed by atoms with E-state index in [9.17, 15) is 22.4 Å². The monoisotopic (exact) mass is 505 g/mol. The molecular weight excluding hydrogens is 482 g/mol. The maximum Gasteiger partial charge on any atom is 0.433 e. The molecule has 0 aliphatic carbocycles. The Morgan fingerprint density at radius 1 is 1.19 bits per heavy atom. The van der Waals surface area contributed by atoms with Crippen molar-refractivity contribution in [1.29, 1.82) is 0 Å². The average molecular weight is 505 g/mol. The van der Waals surface area contributed by atoms with Crippen LogP contribution in [-0.4, -0.2) is 54.1 Å². The lowest BCUT2D eigenvalue weighted by atomic mass is 9.82. The van der Waals surface area contributed by atoms with E-state index < -0.39 is 29.9 Å². The van der Waals surface area contributed by atoms with Crippen LogP contribution in [0.25, 0.3) is 11.1 Å². The minimum Gasteiger partial charge on any atom is -0.475 e. The van der Waals surface area contributed by atoms with E-state index in [4.69, 9.17) is 14.6 Å². The van der Waals surface area contributed by atoms with Gasteiger partial charge in [-0.25, -0.2) is 9.37 Å². The molecule has 3 heterocycles. The predicted molar refractivity (Wildman–Crippen MR) is 123 cm³/mol. The largest absolute Gasteiger partial charge is 0.475 e. The third-order valence-electron chi connectivity index (χ3n) is 5.82. The molecule has 0 spiro atoms. The molecule has 7 nitrogen and oxygen atoms in total. The zero-order valence-electron chi connectivity index (χ0n) is 19.2. The van der Waals surface area contributed by atoms with Gasteiger partial charge in [-0.05, 0) is 53.9 Å². The summed E-state index contributed by atoms with van der Waals surface area (Å²) < 4.78 is 63.6. The maximum absolute atomic E-state index is 13.9. The summed E-state index contributed by atoms with van der Waals surface area (Å²) in [6.45, 7) is 1.26. The lowest BCUT2D eigenvalue weighted by Gasteiger charge is -2.38. The van der Waals surface area contributed by atoms with Crippen molar-refractivity contribution < 1.29 is 36.9 Å². The number of pyridine rings is 2. The number of aliphatic hydroxyl groups excluding tert-OH is 1. The lowest BCUT2D eigenvalue weighted by molar-refractivity contribution is -0.141. The number of halogens is 4. The molecule has 1 fully saturated rings. The normalized spacial score (nSPS) is 14.7. The van der Waals surface area contributed by atoms with Gasteiger partial charge in [-0.2, -0.15) is 13.2 Å². The minimum atomic E-state index is -4.68. The molecule has 36 heavy (non-hydrogen) atoms. The van der Waals surface area contributed by atoms with E-state index >= 15 is 0 Å². The fraction of sp³-hybridized carbons (Fsp3) is 0.320. The van der Waals surface area contributed by atoms with Gasteiger partial charge >= 0.3 is 6.18 Å². The van der Waals surface area contributed by atoms with E-state index in [1.807, 2.05) is 6.92 Å². The van der Waals surface area contributed by atoms with Crippen LogP contribution in [0.2, 0.25) is 0 Å². The SMILES string of the molecule is Cc1ccc(NC(=O)c2ccnc(C(F)(F)F)c2)cc1-c1cc(OCCO)nc(C2(CF)COC2)c1. The number of hydrogen-bond acceptors (Lipinski definition) is 6. The molecule has 1 aromatic carbocycles. The number of aromatic nitrogens is 2. The zero-order chi connectivity index (χ0) is 25.9. The molecule has 0 radical (unpaired) electrons. The number of amides is 1. The lowest BCUT2D eigenvalue weighted by Crippen LogP contribution is -2.49. The Bertz CT molecular complexity index is 1260. The van der Waals surface area contributed by atoms with Crippen LogP contribution in [0.5, 0.6) is 5.88 Å². The van der Waals surface area contributed by atoms with Crippen molar-refractivity contribution >= 4 is 11.6 Å². The smallest absolute Gasteiger partial charge is 0.433 e. The number of nitrogens with one attached hydrogen (secondary N) is 1. The predicted octanol–water partition coefficient (Wildman–Crippen LogP) is 4.33. The Labute approximate surface area is 204 Å². The molecule has 11 heteroatoms. The van der Waals surface area contributed by atoms with Crippen LogP contribution >= 0.6 is 0 Å². The Morgan fingerprint density at radius 3 is 2.61 bits per heavy atom. The molecule has 190 valence electrons. The van der Waals surface area contributed by atoms with E-state index in [0.29, 0.717) is 28.6 Å². The number of anilines is 1. The molecule has 0 atom stereocenters. The summed E-state index contributed by atoms with van der Waals surface area (Å²) in [6, 6.07) is 10.3. The first-order chi connectivity index (χ1) is 17.1. The topological polar surface area (TPSA) is 93.6 Å². The summed E-state index contributed by atoms with van der Waals surface area (Å²) in [7, 11) is 0. The molecule has 1 aliphatic heterocycles. The quantitative estimate of drug-likeness (QED) is 0.443. The van der Waals surface area contributed by atoms with E-state index in [-0.39, 0.29) is 37.9 Å². The van der Waals surface area contributed by atoms with Gasteiger partial charge in [0.2, 0.25) is 5.88 Å². The summed E-state index contributed by atoms with van der Waals surface area (Å²) in [5.41, 5.74) is 0.642. The molecule has 3 aromatic rings. The van der Waals surface area contributed by atoms with Gasteiger partial charge in [-0.3, -0.25) is 9.78 Å². The van der Waals surface area contributed by atoms with E-state index in [1.165, 1.54) is 6.07 Å². The van der Waals surface area contributed by atoms with Crippen molar-refractivity contribution in [2.75, 3.05) is 38.4 Å². The molecule has 2 aromatic heterocycles. The molecule has 1 aliphatic rings. The van der Waals surface area contributed by atoms with Gasteiger partial charge in [0.15, 0.2) is 0 Å².